The number of benzene rings is 1. The zero-order valence-electron chi connectivity index (χ0n) is 26.7. The number of rotatable bonds is 7. The fourth-order valence-corrected chi connectivity index (χ4v) is 8.47. The second-order valence-corrected chi connectivity index (χ2v) is 15.7. The van der Waals surface area contributed by atoms with Crippen LogP contribution in [0.4, 0.5) is 0 Å². The molecule has 0 saturated heterocycles. The van der Waals surface area contributed by atoms with Gasteiger partial charge in [0.05, 0.1) is 19.1 Å². The summed E-state index contributed by atoms with van der Waals surface area (Å²) in [6.07, 6.45) is 7.63. The molecule has 4 heterocycles. The van der Waals surface area contributed by atoms with Crippen LogP contribution in [0.15, 0.2) is 47.6 Å². The third kappa shape index (κ3) is 5.10. The van der Waals surface area contributed by atoms with Gasteiger partial charge in [0.2, 0.25) is 5.88 Å². The van der Waals surface area contributed by atoms with Gasteiger partial charge in [-0.2, -0.15) is 4.31 Å². The van der Waals surface area contributed by atoms with Crippen LogP contribution in [0.1, 0.15) is 90.6 Å². The van der Waals surface area contributed by atoms with Gasteiger partial charge in [-0.1, -0.05) is 18.2 Å². The molecule has 0 amide bonds. The molecule has 2 N–H and O–H groups in total. The number of esters is 1. The van der Waals surface area contributed by atoms with Crippen molar-refractivity contribution in [3.63, 3.8) is 0 Å². The summed E-state index contributed by atoms with van der Waals surface area (Å²) in [4.78, 5) is 18.1. The van der Waals surface area contributed by atoms with E-state index in [1.807, 2.05) is 46.9 Å². The maximum absolute atomic E-state index is 13.4. The number of aryl methyl sites for hydroxylation is 3. The molecule has 238 valence electrons. The van der Waals surface area contributed by atoms with Crippen LogP contribution in [0.25, 0.3) is 5.65 Å². The first-order valence-corrected chi connectivity index (χ1v) is 17.1. The minimum Gasteiger partial charge on any atom is -0.469 e. The van der Waals surface area contributed by atoms with Crippen LogP contribution in [-0.4, -0.2) is 58.2 Å². The van der Waals surface area contributed by atoms with E-state index in [9.17, 15) is 13.9 Å². The monoisotopic (exact) mass is 631 g/mol. The first-order chi connectivity index (χ1) is 21.3. The first-order valence-electron chi connectivity index (χ1n) is 15.6. The fraction of sp³-hybridized carbons (Fsp3) is 0.471. The van der Waals surface area contributed by atoms with Gasteiger partial charge in [0.15, 0.2) is 5.65 Å². The highest BCUT2D eigenvalue weighted by atomic mass is 32.3. The Morgan fingerprint density at radius 1 is 1.16 bits per heavy atom. The predicted molar refractivity (Wildman–Crippen MR) is 172 cm³/mol. The van der Waals surface area contributed by atoms with Gasteiger partial charge in [0.25, 0.3) is 0 Å². The van der Waals surface area contributed by atoms with Crippen LogP contribution in [0.5, 0.6) is 5.88 Å². The van der Waals surface area contributed by atoms with Gasteiger partial charge in [-0.05, 0) is 106 Å². The Balaban J connectivity index is 1.32. The molecular formula is C34H41N5O5S. The van der Waals surface area contributed by atoms with Gasteiger partial charge in [-0.25, -0.2) is 4.98 Å². The molecular weight excluding hydrogens is 590 g/mol. The fourth-order valence-electron chi connectivity index (χ4n) is 6.78. The van der Waals surface area contributed by atoms with E-state index in [1.165, 1.54) is 7.11 Å². The minimum atomic E-state index is -3.40. The third-order valence-electron chi connectivity index (χ3n) is 9.83. The SMILES string of the molecule is COC(=O)C(C)(C)C(c1ccc(C)c(CN2CC3(CC3)Oc3ncc(C)cc3S2(O)O)c1)c1ccn2c(C3CC3)nnc2c1C. The number of aromatic nitrogens is 4. The number of fused-ring (bicyclic) bond motifs is 2. The molecule has 0 radical (unpaired) electrons. The van der Waals surface area contributed by atoms with E-state index >= 15 is 0 Å². The van der Waals surface area contributed by atoms with Crippen LogP contribution in [0.3, 0.4) is 0 Å². The summed E-state index contributed by atoms with van der Waals surface area (Å²) >= 11 is 0. The Labute approximate surface area is 265 Å². The molecule has 11 heteroatoms. The Morgan fingerprint density at radius 3 is 2.60 bits per heavy atom. The lowest BCUT2D eigenvalue weighted by Gasteiger charge is -2.42. The highest BCUT2D eigenvalue weighted by Gasteiger charge is 2.52. The Morgan fingerprint density at radius 2 is 1.91 bits per heavy atom. The number of hydrogen-bond acceptors (Lipinski definition) is 9. The molecule has 10 nitrogen and oxygen atoms in total. The normalized spacial score (nSPS) is 20.3. The molecule has 1 atom stereocenters. The van der Waals surface area contributed by atoms with Crippen LogP contribution in [-0.2, 0) is 16.1 Å². The summed E-state index contributed by atoms with van der Waals surface area (Å²) in [6.45, 7) is 10.4. The lowest BCUT2D eigenvalue weighted by Crippen LogP contribution is -2.36. The molecule has 2 fully saturated rings. The van der Waals surface area contributed by atoms with Crippen molar-refractivity contribution in [1.29, 1.82) is 0 Å². The van der Waals surface area contributed by atoms with E-state index in [1.54, 1.807) is 16.6 Å². The number of pyridine rings is 2. The lowest BCUT2D eigenvalue weighted by atomic mass is 9.70. The average molecular weight is 632 g/mol. The average Bonchev–Trinajstić information content (AvgIpc) is 3.94. The molecule has 7 rings (SSSR count). The Kier molecular flexibility index (Phi) is 7.05. The largest absolute Gasteiger partial charge is 0.469 e. The summed E-state index contributed by atoms with van der Waals surface area (Å²) in [5.74, 6) is 1.05. The van der Waals surface area contributed by atoms with Crippen molar-refractivity contribution < 1.29 is 23.4 Å². The van der Waals surface area contributed by atoms with Crippen LogP contribution >= 0.6 is 10.8 Å². The van der Waals surface area contributed by atoms with Crippen molar-refractivity contribution in [2.24, 2.45) is 5.41 Å². The van der Waals surface area contributed by atoms with E-state index in [4.69, 9.17) is 9.47 Å². The van der Waals surface area contributed by atoms with Crippen LogP contribution in [0.2, 0.25) is 0 Å². The standard InChI is InChI=1S/C34H41N5O5S/c1-20-15-27-31(35-17-20)44-34(12-13-34)19-38(45(27,41)42)18-25-16-24(8-7-21(25)2)28(33(4,5)32(40)43-6)26-11-14-39-29(22(26)3)36-37-30(39)23-9-10-23/h7-8,11,14-17,23,28,41-42H,9-10,12-13,18-19H2,1-6H3. The minimum absolute atomic E-state index is 0.290. The zero-order chi connectivity index (χ0) is 31.9. The smallest absolute Gasteiger partial charge is 0.312 e. The number of carbonyl (C=O) groups is 1. The molecule has 2 saturated carbocycles. The molecule has 45 heavy (non-hydrogen) atoms. The Hall–Kier alpha value is -3.51. The summed E-state index contributed by atoms with van der Waals surface area (Å²) < 4.78 is 39.0. The molecule has 2 aliphatic carbocycles. The zero-order valence-corrected chi connectivity index (χ0v) is 27.5. The van der Waals surface area contributed by atoms with Crippen molar-refractivity contribution in [3.05, 3.63) is 81.9 Å². The van der Waals surface area contributed by atoms with Gasteiger partial charge >= 0.3 is 5.97 Å². The third-order valence-corrected chi connectivity index (χ3v) is 11.7. The van der Waals surface area contributed by atoms with Gasteiger partial charge in [-0.3, -0.25) is 18.3 Å². The molecule has 1 aliphatic heterocycles. The van der Waals surface area contributed by atoms with Gasteiger partial charge in [-0.15, -0.1) is 21.0 Å². The highest BCUT2D eigenvalue weighted by Crippen LogP contribution is 2.61. The topological polar surface area (TPSA) is 122 Å². The van der Waals surface area contributed by atoms with Crippen LogP contribution in [0, 0.1) is 26.2 Å². The van der Waals surface area contributed by atoms with Gasteiger partial charge in [0.1, 0.15) is 16.3 Å². The maximum atomic E-state index is 13.4. The molecule has 1 spiro atoms. The molecule has 4 aromatic rings. The van der Waals surface area contributed by atoms with E-state index in [-0.39, 0.29) is 11.9 Å². The second kappa shape index (κ2) is 10.5. The molecule has 1 aromatic carbocycles. The van der Waals surface area contributed by atoms with Gasteiger partial charge in [0, 0.05) is 30.8 Å². The Bertz CT molecular complexity index is 1830. The molecule has 0 bridgehead atoms. The summed E-state index contributed by atoms with van der Waals surface area (Å²) in [7, 11) is -1.97. The van der Waals surface area contributed by atoms with Crippen molar-refractivity contribution in [1.82, 2.24) is 23.9 Å². The van der Waals surface area contributed by atoms with E-state index < -0.39 is 21.8 Å². The van der Waals surface area contributed by atoms with Crippen molar-refractivity contribution in [3.8, 4) is 5.88 Å². The number of ether oxygens (including phenoxy) is 2. The van der Waals surface area contributed by atoms with Crippen molar-refractivity contribution in [2.45, 2.75) is 89.2 Å². The molecule has 1 unspecified atom stereocenters. The van der Waals surface area contributed by atoms with E-state index in [0.717, 1.165) is 70.5 Å². The quantitative estimate of drug-likeness (QED) is 0.214. The van der Waals surface area contributed by atoms with Crippen LogP contribution < -0.4 is 4.74 Å². The van der Waals surface area contributed by atoms with E-state index in [2.05, 4.69) is 37.8 Å². The second-order valence-electron chi connectivity index (χ2n) is 13.7. The number of carbonyl (C=O) groups excluding carboxylic acids is 1. The first kappa shape index (κ1) is 30.2. The van der Waals surface area contributed by atoms with Gasteiger partial charge < -0.3 is 9.47 Å². The highest BCUT2D eigenvalue weighted by molar-refractivity contribution is 8.22. The summed E-state index contributed by atoms with van der Waals surface area (Å²) in [6, 6.07) is 10.1. The molecule has 3 aromatic heterocycles. The van der Waals surface area contributed by atoms with Crippen molar-refractivity contribution in [2.75, 3.05) is 13.7 Å². The number of hydrogen-bond donors (Lipinski definition) is 2. The lowest BCUT2D eigenvalue weighted by molar-refractivity contribution is -0.151. The summed E-state index contributed by atoms with van der Waals surface area (Å²) in [5, 5.41) is 9.07. The predicted octanol–water partition coefficient (Wildman–Crippen LogP) is 6.71. The number of nitrogens with zero attached hydrogens (tertiary/aromatic N) is 5. The maximum Gasteiger partial charge on any atom is 0.312 e. The van der Waals surface area contributed by atoms with E-state index in [0.29, 0.717) is 29.8 Å². The number of methoxy groups -OCH3 is 1. The molecule has 3 aliphatic rings. The summed E-state index contributed by atoms with van der Waals surface area (Å²) in [5.41, 5.74) is 5.04. The van der Waals surface area contributed by atoms with Crippen molar-refractivity contribution >= 4 is 22.4 Å².